The summed E-state index contributed by atoms with van der Waals surface area (Å²) < 4.78 is 42.4. The van der Waals surface area contributed by atoms with E-state index in [4.69, 9.17) is 11.6 Å². The maximum absolute atomic E-state index is 13.7. The summed E-state index contributed by atoms with van der Waals surface area (Å²) in [5.74, 6) is -1.14. The Hall–Kier alpha value is -2.22. The largest absolute Gasteiger partial charge is 0.306 e. The van der Waals surface area contributed by atoms with E-state index in [1.54, 1.807) is 12.5 Å². The van der Waals surface area contributed by atoms with Crippen molar-refractivity contribution < 1.29 is 12.8 Å². The van der Waals surface area contributed by atoms with E-state index in [1.807, 2.05) is 35.0 Å². The monoisotopic (exact) mass is 379 g/mol. The van der Waals surface area contributed by atoms with Crippen LogP contribution < -0.4 is 4.72 Å². The van der Waals surface area contributed by atoms with Gasteiger partial charge in [-0.3, -0.25) is 0 Å². The van der Waals surface area contributed by atoms with Gasteiger partial charge >= 0.3 is 0 Å². The molecule has 0 saturated heterocycles. The van der Waals surface area contributed by atoms with Crippen LogP contribution in [0, 0.1) is 5.82 Å². The highest BCUT2D eigenvalue weighted by Crippen LogP contribution is 2.21. The molecule has 2 aromatic carbocycles. The van der Waals surface area contributed by atoms with Crippen LogP contribution in [-0.4, -0.2) is 18.0 Å². The van der Waals surface area contributed by atoms with Gasteiger partial charge in [-0.25, -0.2) is 22.5 Å². The molecule has 130 valence electrons. The fourth-order valence-corrected chi connectivity index (χ4v) is 3.77. The number of sulfonamides is 1. The lowest BCUT2D eigenvalue weighted by molar-refractivity contribution is 0.574. The smallest absolute Gasteiger partial charge is 0.216 e. The van der Waals surface area contributed by atoms with Crippen LogP contribution in [-0.2, 0) is 22.3 Å². The molecule has 1 N–H and O–H groups in total. The number of benzene rings is 2. The highest BCUT2D eigenvalue weighted by molar-refractivity contribution is 7.88. The van der Waals surface area contributed by atoms with Gasteiger partial charge in [-0.1, -0.05) is 29.8 Å². The van der Waals surface area contributed by atoms with Crippen LogP contribution in [0.25, 0.3) is 5.69 Å². The molecule has 0 atom stereocenters. The zero-order valence-corrected chi connectivity index (χ0v) is 14.6. The van der Waals surface area contributed by atoms with Crippen molar-refractivity contribution in [2.45, 2.75) is 12.3 Å². The van der Waals surface area contributed by atoms with Crippen LogP contribution in [0.2, 0.25) is 5.02 Å². The lowest BCUT2D eigenvalue weighted by Gasteiger charge is -2.10. The number of imidazole rings is 1. The summed E-state index contributed by atoms with van der Waals surface area (Å²) in [5, 5.41) is 0.0926. The second-order valence-corrected chi connectivity index (χ2v) is 7.63. The number of halogens is 2. The topological polar surface area (TPSA) is 64.0 Å². The van der Waals surface area contributed by atoms with Crippen molar-refractivity contribution in [2.24, 2.45) is 0 Å². The first-order valence-corrected chi connectivity index (χ1v) is 9.45. The van der Waals surface area contributed by atoms with Crippen LogP contribution in [0.4, 0.5) is 4.39 Å². The Morgan fingerprint density at radius 2 is 1.92 bits per heavy atom. The molecule has 0 bridgehead atoms. The number of hydrogen-bond acceptors (Lipinski definition) is 3. The van der Waals surface area contributed by atoms with Crippen molar-refractivity contribution in [3.8, 4) is 5.69 Å². The first kappa shape index (κ1) is 17.6. The van der Waals surface area contributed by atoms with E-state index in [0.717, 1.165) is 11.3 Å². The van der Waals surface area contributed by atoms with E-state index in [2.05, 4.69) is 9.71 Å². The van der Waals surface area contributed by atoms with Crippen molar-refractivity contribution in [3.63, 3.8) is 0 Å². The summed E-state index contributed by atoms with van der Waals surface area (Å²) >= 11 is 5.88. The molecule has 0 radical (unpaired) electrons. The predicted octanol–water partition coefficient (Wildman–Crippen LogP) is 3.28. The number of aromatic nitrogens is 2. The molecule has 0 unspecified atom stereocenters. The second-order valence-electron chi connectivity index (χ2n) is 5.42. The molecule has 8 heteroatoms. The Labute approximate surface area is 150 Å². The quantitative estimate of drug-likeness (QED) is 0.714. The molecular formula is C17H15ClFN3O2S. The summed E-state index contributed by atoms with van der Waals surface area (Å²) in [6, 6.07) is 11.4. The fraction of sp³-hybridized carbons (Fsp3) is 0.118. The molecule has 0 saturated carbocycles. The molecule has 0 amide bonds. The fourth-order valence-electron chi connectivity index (χ4n) is 2.30. The molecule has 1 aromatic heterocycles. The Balaban J connectivity index is 1.66. The Morgan fingerprint density at radius 3 is 2.56 bits per heavy atom. The van der Waals surface area contributed by atoms with Gasteiger partial charge in [0.15, 0.2) is 0 Å². The van der Waals surface area contributed by atoms with Crippen LogP contribution in [0.3, 0.4) is 0 Å². The molecule has 3 aromatic rings. The normalized spacial score (nSPS) is 11.6. The van der Waals surface area contributed by atoms with Gasteiger partial charge in [0, 0.05) is 35.2 Å². The highest BCUT2D eigenvalue weighted by atomic mass is 35.5. The third-order valence-corrected chi connectivity index (χ3v) is 5.24. The van der Waals surface area contributed by atoms with E-state index in [1.165, 1.54) is 18.2 Å². The van der Waals surface area contributed by atoms with Gasteiger partial charge in [0.1, 0.15) is 5.82 Å². The average Bonchev–Trinajstić information content (AvgIpc) is 3.12. The lowest BCUT2D eigenvalue weighted by Crippen LogP contribution is -2.25. The molecule has 0 aliphatic carbocycles. The van der Waals surface area contributed by atoms with E-state index in [-0.39, 0.29) is 17.1 Å². The minimum absolute atomic E-state index is 0.0351. The minimum Gasteiger partial charge on any atom is -0.306 e. The molecular weight excluding hydrogens is 365 g/mol. The molecule has 0 aliphatic heterocycles. The van der Waals surface area contributed by atoms with E-state index >= 15 is 0 Å². The van der Waals surface area contributed by atoms with Gasteiger partial charge in [0.2, 0.25) is 10.0 Å². The molecule has 5 nitrogen and oxygen atoms in total. The van der Waals surface area contributed by atoms with Gasteiger partial charge in [-0.2, -0.15) is 0 Å². The molecule has 25 heavy (non-hydrogen) atoms. The minimum atomic E-state index is -3.72. The van der Waals surface area contributed by atoms with E-state index in [0.29, 0.717) is 0 Å². The van der Waals surface area contributed by atoms with Crippen LogP contribution >= 0.6 is 11.6 Å². The maximum atomic E-state index is 13.7. The van der Waals surface area contributed by atoms with E-state index in [9.17, 15) is 12.8 Å². The number of hydrogen-bond donors (Lipinski definition) is 1. The van der Waals surface area contributed by atoms with Crippen molar-refractivity contribution in [1.82, 2.24) is 14.3 Å². The zero-order chi connectivity index (χ0) is 17.9. The number of nitrogens with one attached hydrogen (secondary N) is 1. The third kappa shape index (κ3) is 4.45. The Kier molecular flexibility index (Phi) is 5.17. The van der Waals surface area contributed by atoms with Gasteiger partial charge in [-0.05, 0) is 29.8 Å². The summed E-state index contributed by atoms with van der Waals surface area (Å²) in [5.41, 5.74) is 1.67. The van der Waals surface area contributed by atoms with Crippen molar-refractivity contribution in [2.75, 3.05) is 0 Å². The molecule has 0 fully saturated rings. The number of nitrogens with zero attached hydrogens (tertiary/aromatic N) is 2. The van der Waals surface area contributed by atoms with Crippen molar-refractivity contribution in [1.29, 1.82) is 0 Å². The first-order chi connectivity index (χ1) is 11.9. The second kappa shape index (κ2) is 7.35. The Bertz CT molecular complexity index is 938. The van der Waals surface area contributed by atoms with Gasteiger partial charge < -0.3 is 4.57 Å². The summed E-state index contributed by atoms with van der Waals surface area (Å²) in [4.78, 5) is 3.97. The molecule has 1 heterocycles. The first-order valence-electron chi connectivity index (χ1n) is 7.42. The summed E-state index contributed by atoms with van der Waals surface area (Å²) in [6.07, 6.45) is 5.17. The van der Waals surface area contributed by atoms with Crippen LogP contribution in [0.5, 0.6) is 0 Å². The SMILES string of the molecule is O=S(=O)(Cc1c(F)cccc1Cl)NCc1ccc(-n2ccnc2)cc1. The maximum Gasteiger partial charge on any atom is 0.216 e. The van der Waals surface area contributed by atoms with Gasteiger partial charge in [0.05, 0.1) is 12.1 Å². The predicted molar refractivity (Wildman–Crippen MR) is 94.4 cm³/mol. The Morgan fingerprint density at radius 1 is 1.16 bits per heavy atom. The lowest BCUT2D eigenvalue weighted by atomic mass is 10.2. The standard InChI is InChI=1S/C17H15ClFN3O2S/c18-16-2-1-3-17(19)15(16)11-25(23,24)21-10-13-4-6-14(7-5-13)22-9-8-20-12-22/h1-9,12,21H,10-11H2. The molecule has 0 spiro atoms. The van der Waals surface area contributed by atoms with Gasteiger partial charge in [-0.15, -0.1) is 0 Å². The average molecular weight is 380 g/mol. The molecule has 3 rings (SSSR count). The zero-order valence-electron chi connectivity index (χ0n) is 13.1. The van der Waals surface area contributed by atoms with E-state index < -0.39 is 21.6 Å². The van der Waals surface area contributed by atoms with Crippen molar-refractivity contribution >= 4 is 21.6 Å². The van der Waals surface area contributed by atoms with Crippen LogP contribution in [0.1, 0.15) is 11.1 Å². The van der Waals surface area contributed by atoms with Crippen LogP contribution in [0.15, 0.2) is 61.2 Å². The highest BCUT2D eigenvalue weighted by Gasteiger charge is 2.17. The third-order valence-electron chi connectivity index (χ3n) is 3.63. The summed E-state index contributed by atoms with van der Waals surface area (Å²) in [7, 11) is -3.72. The number of rotatable bonds is 6. The van der Waals surface area contributed by atoms with Gasteiger partial charge in [0.25, 0.3) is 0 Å². The summed E-state index contributed by atoms with van der Waals surface area (Å²) in [6.45, 7) is 0.110. The molecule has 0 aliphatic rings. The van der Waals surface area contributed by atoms with Crippen molar-refractivity contribution in [3.05, 3.63) is 83.2 Å².